The second-order valence-corrected chi connectivity index (χ2v) is 8.65. The Balaban J connectivity index is 1.91. The minimum absolute atomic E-state index is 0.249. The van der Waals surface area contributed by atoms with Crippen LogP contribution >= 0.6 is 0 Å². The van der Waals surface area contributed by atoms with E-state index in [0.717, 1.165) is 43.2 Å². The average molecular weight is 449 g/mol. The molecule has 1 fully saturated rings. The number of amides is 1. The van der Waals surface area contributed by atoms with E-state index in [1.54, 1.807) is 6.07 Å². The number of benzene rings is 1. The van der Waals surface area contributed by atoms with Gasteiger partial charge in [0.15, 0.2) is 0 Å². The van der Waals surface area contributed by atoms with Crippen molar-refractivity contribution in [3.63, 3.8) is 0 Å². The molecule has 8 heteroatoms. The molecule has 0 aliphatic heterocycles. The topological polar surface area (TPSA) is 125 Å². The standard InChI is InChI=1S/C24H36N2O6/c1-16-13-18(10-11-21(16)27)9-6-12-25-19(15-22(28)29)23(30)26-20(24(31)32-2)14-17-7-4-3-5-8-17/h10-11,13,17,19-20,25,27H,3-9,12,14-15H2,1-2H3,(H,26,30)(H,28,29)/t19-,20-/m0/s1. The third kappa shape index (κ3) is 8.49. The summed E-state index contributed by atoms with van der Waals surface area (Å²) in [7, 11) is 1.29. The van der Waals surface area contributed by atoms with Crippen LogP contribution in [0, 0.1) is 12.8 Å². The van der Waals surface area contributed by atoms with Crippen LogP contribution in [0.3, 0.4) is 0 Å². The van der Waals surface area contributed by atoms with Crippen molar-refractivity contribution in [1.29, 1.82) is 0 Å². The lowest BCUT2D eigenvalue weighted by molar-refractivity contribution is -0.146. The normalized spacial score (nSPS) is 16.2. The maximum atomic E-state index is 12.8. The summed E-state index contributed by atoms with van der Waals surface area (Å²) in [5.41, 5.74) is 1.85. The van der Waals surface area contributed by atoms with Crippen LogP contribution in [0.5, 0.6) is 5.75 Å². The number of methoxy groups -OCH3 is 1. The summed E-state index contributed by atoms with van der Waals surface area (Å²) in [4.78, 5) is 36.4. The van der Waals surface area contributed by atoms with E-state index >= 15 is 0 Å². The van der Waals surface area contributed by atoms with Crippen LogP contribution < -0.4 is 10.6 Å². The molecule has 0 radical (unpaired) electrons. The largest absolute Gasteiger partial charge is 0.508 e. The van der Waals surface area contributed by atoms with Crippen LogP contribution in [0.4, 0.5) is 0 Å². The number of carbonyl (C=O) groups is 3. The average Bonchev–Trinajstić information content (AvgIpc) is 2.77. The van der Waals surface area contributed by atoms with Gasteiger partial charge in [-0.2, -0.15) is 0 Å². The van der Waals surface area contributed by atoms with Crippen LogP contribution in [0.2, 0.25) is 0 Å². The van der Waals surface area contributed by atoms with E-state index in [9.17, 15) is 24.6 Å². The number of aryl methyl sites for hydroxylation is 2. The molecule has 0 spiro atoms. The van der Waals surface area contributed by atoms with E-state index in [0.29, 0.717) is 25.3 Å². The molecule has 2 atom stereocenters. The van der Waals surface area contributed by atoms with Gasteiger partial charge in [0.05, 0.1) is 19.6 Å². The highest BCUT2D eigenvalue weighted by molar-refractivity contribution is 5.90. The van der Waals surface area contributed by atoms with Gasteiger partial charge in [-0.05, 0) is 55.8 Å². The molecule has 1 saturated carbocycles. The number of esters is 1. The van der Waals surface area contributed by atoms with E-state index in [1.807, 2.05) is 19.1 Å². The molecule has 4 N–H and O–H groups in total. The van der Waals surface area contributed by atoms with Crippen molar-refractivity contribution < 1.29 is 29.3 Å². The lowest BCUT2D eigenvalue weighted by Crippen LogP contribution is -2.52. The van der Waals surface area contributed by atoms with Gasteiger partial charge in [0.1, 0.15) is 11.8 Å². The lowest BCUT2D eigenvalue weighted by atomic mass is 9.84. The summed E-state index contributed by atoms with van der Waals surface area (Å²) in [6.07, 6.45) is 7.04. The van der Waals surface area contributed by atoms with Gasteiger partial charge < -0.3 is 25.6 Å². The Hall–Kier alpha value is -2.61. The molecule has 1 amide bonds. The number of phenolic OH excluding ortho intramolecular Hbond substituents is 1. The fourth-order valence-corrected chi connectivity index (χ4v) is 4.26. The Morgan fingerprint density at radius 2 is 1.88 bits per heavy atom. The quantitative estimate of drug-likeness (QED) is 0.286. The third-order valence-electron chi connectivity index (χ3n) is 6.09. The number of hydrogen-bond acceptors (Lipinski definition) is 6. The first-order valence-electron chi connectivity index (χ1n) is 11.4. The summed E-state index contributed by atoms with van der Waals surface area (Å²) in [5.74, 6) is -1.49. The monoisotopic (exact) mass is 448 g/mol. The van der Waals surface area contributed by atoms with Gasteiger partial charge in [-0.3, -0.25) is 9.59 Å². The Bertz CT molecular complexity index is 776. The molecule has 1 aromatic rings. The van der Waals surface area contributed by atoms with E-state index < -0.39 is 29.9 Å². The lowest BCUT2D eigenvalue weighted by Gasteiger charge is -2.27. The van der Waals surface area contributed by atoms with Gasteiger partial charge in [0, 0.05) is 0 Å². The number of rotatable bonds is 12. The number of carboxylic acids is 1. The number of phenols is 1. The summed E-state index contributed by atoms with van der Waals surface area (Å²) < 4.78 is 4.87. The predicted octanol–water partition coefficient (Wildman–Crippen LogP) is 2.69. The van der Waals surface area contributed by atoms with Crippen LogP contribution in [-0.2, 0) is 25.5 Å². The van der Waals surface area contributed by atoms with Crippen molar-refractivity contribution in [2.75, 3.05) is 13.7 Å². The first-order valence-corrected chi connectivity index (χ1v) is 11.4. The number of carbonyl (C=O) groups excluding carboxylic acids is 2. The molecule has 0 unspecified atom stereocenters. The maximum Gasteiger partial charge on any atom is 0.328 e. The fraction of sp³-hybridized carbons (Fsp3) is 0.625. The van der Waals surface area contributed by atoms with Crippen molar-refractivity contribution >= 4 is 17.8 Å². The van der Waals surface area contributed by atoms with Crippen LogP contribution in [0.25, 0.3) is 0 Å². The first kappa shape index (κ1) is 25.6. The predicted molar refractivity (Wildman–Crippen MR) is 120 cm³/mol. The molecule has 0 bridgehead atoms. The van der Waals surface area contributed by atoms with Crippen molar-refractivity contribution in [3.05, 3.63) is 29.3 Å². The van der Waals surface area contributed by atoms with Gasteiger partial charge in [-0.1, -0.05) is 44.2 Å². The Morgan fingerprint density at radius 3 is 2.50 bits per heavy atom. The molecule has 1 aliphatic carbocycles. The number of aliphatic carboxylic acids is 1. The highest BCUT2D eigenvalue weighted by Crippen LogP contribution is 2.27. The van der Waals surface area contributed by atoms with Gasteiger partial charge in [0.2, 0.25) is 5.91 Å². The molecule has 1 aliphatic rings. The molecule has 0 saturated heterocycles. The van der Waals surface area contributed by atoms with Crippen LogP contribution in [0.15, 0.2) is 18.2 Å². The molecule has 0 heterocycles. The van der Waals surface area contributed by atoms with Crippen molar-refractivity contribution in [3.8, 4) is 5.75 Å². The zero-order chi connectivity index (χ0) is 23.5. The SMILES string of the molecule is COC(=O)[C@H](CC1CCCCC1)NC(=O)[C@H](CC(=O)O)NCCCc1ccc(O)c(C)c1. The Labute approximate surface area is 189 Å². The molecular formula is C24H36N2O6. The second kappa shape index (κ2) is 13.1. The number of ether oxygens (including phenoxy) is 1. The molecule has 1 aromatic carbocycles. The highest BCUT2D eigenvalue weighted by atomic mass is 16.5. The molecule has 178 valence electrons. The molecule has 2 rings (SSSR count). The minimum atomic E-state index is -1.09. The number of carboxylic acid groups (broad SMARTS) is 1. The van der Waals surface area contributed by atoms with Crippen LogP contribution in [-0.4, -0.2) is 53.8 Å². The summed E-state index contributed by atoms with van der Waals surface area (Å²) in [6.45, 7) is 2.27. The highest BCUT2D eigenvalue weighted by Gasteiger charge is 2.30. The Kier molecular flexibility index (Phi) is 10.5. The van der Waals surface area contributed by atoms with E-state index in [4.69, 9.17) is 4.74 Å². The zero-order valence-corrected chi connectivity index (χ0v) is 19.1. The van der Waals surface area contributed by atoms with Crippen molar-refractivity contribution in [2.24, 2.45) is 5.92 Å². The van der Waals surface area contributed by atoms with Gasteiger partial charge in [-0.15, -0.1) is 0 Å². The minimum Gasteiger partial charge on any atom is -0.508 e. The molecule has 32 heavy (non-hydrogen) atoms. The second-order valence-electron chi connectivity index (χ2n) is 8.65. The smallest absolute Gasteiger partial charge is 0.328 e. The Morgan fingerprint density at radius 1 is 1.16 bits per heavy atom. The molecule has 8 nitrogen and oxygen atoms in total. The van der Waals surface area contributed by atoms with Crippen LogP contribution in [0.1, 0.15) is 62.5 Å². The van der Waals surface area contributed by atoms with Gasteiger partial charge in [-0.25, -0.2) is 4.79 Å². The van der Waals surface area contributed by atoms with E-state index in [2.05, 4.69) is 10.6 Å². The van der Waals surface area contributed by atoms with E-state index in [1.165, 1.54) is 13.5 Å². The summed E-state index contributed by atoms with van der Waals surface area (Å²) in [6, 6.07) is 3.69. The fourth-order valence-electron chi connectivity index (χ4n) is 4.26. The molecular weight excluding hydrogens is 412 g/mol. The summed E-state index contributed by atoms with van der Waals surface area (Å²) in [5, 5.41) is 24.6. The van der Waals surface area contributed by atoms with Gasteiger partial charge in [0.25, 0.3) is 0 Å². The van der Waals surface area contributed by atoms with Crippen molar-refractivity contribution in [1.82, 2.24) is 10.6 Å². The van der Waals surface area contributed by atoms with Crippen molar-refractivity contribution in [2.45, 2.75) is 76.8 Å². The molecule has 0 aromatic heterocycles. The summed E-state index contributed by atoms with van der Waals surface area (Å²) >= 11 is 0. The van der Waals surface area contributed by atoms with E-state index in [-0.39, 0.29) is 12.2 Å². The first-order chi connectivity index (χ1) is 15.3. The van der Waals surface area contributed by atoms with Gasteiger partial charge >= 0.3 is 11.9 Å². The third-order valence-corrected chi connectivity index (χ3v) is 6.09. The number of nitrogens with one attached hydrogen (secondary N) is 2. The zero-order valence-electron chi connectivity index (χ0n) is 19.1. The maximum absolute atomic E-state index is 12.8. The number of hydrogen-bond donors (Lipinski definition) is 4. The number of aromatic hydroxyl groups is 1.